The predicted molar refractivity (Wildman–Crippen MR) is 114 cm³/mol. The monoisotopic (exact) mass is 372 g/mol. The van der Waals surface area contributed by atoms with Gasteiger partial charge in [0, 0.05) is 36.7 Å². The highest BCUT2D eigenvalue weighted by Crippen LogP contribution is 2.23. The van der Waals surface area contributed by atoms with Crippen molar-refractivity contribution in [2.45, 2.75) is 32.7 Å². The van der Waals surface area contributed by atoms with Crippen LogP contribution in [-0.2, 0) is 6.54 Å². The smallest absolute Gasteiger partial charge is 0.182 e. The lowest BCUT2D eigenvalue weighted by Gasteiger charge is -2.27. The van der Waals surface area contributed by atoms with Crippen molar-refractivity contribution in [3.8, 4) is 0 Å². The van der Waals surface area contributed by atoms with Gasteiger partial charge in [-0.2, -0.15) is 0 Å². The van der Waals surface area contributed by atoms with Gasteiger partial charge < -0.3 is 15.2 Å². The Morgan fingerprint density at radius 2 is 1.96 bits per heavy atom. The van der Waals surface area contributed by atoms with Crippen LogP contribution in [0.3, 0.4) is 0 Å². The molecule has 28 heavy (non-hydrogen) atoms. The largest absolute Gasteiger partial charge is 0.365 e. The minimum absolute atomic E-state index is 0.696. The van der Waals surface area contributed by atoms with E-state index < -0.39 is 0 Å². The Morgan fingerprint density at radius 3 is 2.86 bits per heavy atom. The first-order valence-corrected chi connectivity index (χ1v) is 9.96. The van der Waals surface area contributed by atoms with Crippen LogP contribution in [0.2, 0.25) is 0 Å². The van der Waals surface area contributed by atoms with Crippen LogP contribution in [0.4, 0.5) is 11.6 Å². The lowest BCUT2D eigenvalue weighted by molar-refractivity contribution is 0.574. The van der Waals surface area contributed by atoms with Crippen molar-refractivity contribution in [1.29, 1.82) is 0 Å². The number of piperidine rings is 1. The Kier molecular flexibility index (Phi) is 4.31. The molecule has 1 aliphatic heterocycles. The van der Waals surface area contributed by atoms with Gasteiger partial charge in [0.1, 0.15) is 17.2 Å². The highest BCUT2D eigenvalue weighted by Gasteiger charge is 2.13. The number of aryl methyl sites for hydroxylation is 1. The molecule has 1 fully saturated rings. The highest BCUT2D eigenvalue weighted by molar-refractivity contribution is 5.86. The average molecular weight is 372 g/mol. The maximum atomic E-state index is 4.78. The second-order valence-corrected chi connectivity index (χ2v) is 7.48. The summed E-state index contributed by atoms with van der Waals surface area (Å²) in [5, 5.41) is 4.69. The summed E-state index contributed by atoms with van der Waals surface area (Å²) in [6.07, 6.45) is 7.62. The van der Waals surface area contributed by atoms with Crippen LogP contribution < -0.4 is 10.2 Å². The quantitative estimate of drug-likeness (QED) is 0.555. The van der Waals surface area contributed by atoms with Crippen molar-refractivity contribution in [2.75, 3.05) is 23.3 Å². The molecule has 0 aliphatic carbocycles. The number of anilines is 2. The summed E-state index contributed by atoms with van der Waals surface area (Å²) in [6, 6.07) is 10.4. The zero-order valence-corrected chi connectivity index (χ0v) is 16.1. The van der Waals surface area contributed by atoms with E-state index in [1.807, 2.05) is 6.07 Å². The molecular weight excluding hydrogens is 348 g/mol. The Labute approximate surface area is 164 Å². The van der Waals surface area contributed by atoms with E-state index in [0.29, 0.717) is 12.2 Å². The summed E-state index contributed by atoms with van der Waals surface area (Å²) in [7, 11) is 0. The van der Waals surface area contributed by atoms with Crippen LogP contribution in [0.5, 0.6) is 0 Å². The molecule has 0 saturated carbocycles. The minimum atomic E-state index is 0.696. The predicted octanol–water partition coefficient (Wildman–Crippen LogP) is 4.42. The van der Waals surface area contributed by atoms with E-state index in [4.69, 9.17) is 9.97 Å². The molecule has 3 aromatic heterocycles. The number of benzene rings is 1. The second-order valence-electron chi connectivity index (χ2n) is 7.48. The van der Waals surface area contributed by atoms with Gasteiger partial charge in [0.2, 0.25) is 0 Å². The Hall–Kier alpha value is -3.15. The van der Waals surface area contributed by atoms with E-state index in [-0.39, 0.29) is 0 Å². The molecule has 0 radical (unpaired) electrons. The van der Waals surface area contributed by atoms with Gasteiger partial charge in [-0.05, 0) is 55.5 Å². The molecular formula is C22H24N6. The van der Waals surface area contributed by atoms with Crippen LogP contribution in [0, 0.1) is 6.92 Å². The number of hydrogen-bond donors (Lipinski definition) is 2. The third-order valence-electron chi connectivity index (χ3n) is 5.52. The van der Waals surface area contributed by atoms with Crippen molar-refractivity contribution in [3.05, 3.63) is 53.9 Å². The van der Waals surface area contributed by atoms with E-state index in [2.05, 4.69) is 57.6 Å². The number of nitrogens with one attached hydrogen (secondary N) is 2. The molecule has 1 aromatic carbocycles. The van der Waals surface area contributed by atoms with E-state index in [9.17, 15) is 0 Å². The van der Waals surface area contributed by atoms with Gasteiger partial charge in [-0.1, -0.05) is 12.1 Å². The fourth-order valence-corrected chi connectivity index (χ4v) is 4.05. The molecule has 0 spiro atoms. The fraction of sp³-hybridized carbons (Fsp3) is 0.318. The Morgan fingerprint density at radius 1 is 1.07 bits per heavy atom. The first-order valence-electron chi connectivity index (χ1n) is 9.96. The summed E-state index contributed by atoms with van der Waals surface area (Å²) in [5.41, 5.74) is 5.19. The summed E-state index contributed by atoms with van der Waals surface area (Å²) in [6.45, 7) is 4.97. The van der Waals surface area contributed by atoms with Crippen molar-refractivity contribution < 1.29 is 0 Å². The van der Waals surface area contributed by atoms with Gasteiger partial charge in [0.25, 0.3) is 0 Å². The lowest BCUT2D eigenvalue weighted by atomic mass is 10.1. The number of aromatic nitrogens is 4. The minimum Gasteiger partial charge on any atom is -0.365 e. The summed E-state index contributed by atoms with van der Waals surface area (Å²) < 4.78 is 0. The Balaban J connectivity index is 1.40. The molecule has 0 atom stereocenters. The number of hydrogen-bond acceptors (Lipinski definition) is 5. The van der Waals surface area contributed by atoms with Crippen molar-refractivity contribution in [1.82, 2.24) is 19.9 Å². The highest BCUT2D eigenvalue weighted by atomic mass is 15.2. The molecule has 5 rings (SSSR count). The van der Waals surface area contributed by atoms with Gasteiger partial charge in [-0.15, -0.1) is 0 Å². The maximum Gasteiger partial charge on any atom is 0.182 e. The van der Waals surface area contributed by atoms with Crippen molar-refractivity contribution in [2.24, 2.45) is 0 Å². The van der Waals surface area contributed by atoms with E-state index in [0.717, 1.165) is 35.8 Å². The maximum absolute atomic E-state index is 4.78. The molecule has 0 amide bonds. The van der Waals surface area contributed by atoms with Gasteiger partial charge in [0.15, 0.2) is 5.65 Å². The molecule has 2 N–H and O–H groups in total. The number of rotatable bonds is 4. The first-order chi connectivity index (χ1) is 13.8. The third kappa shape index (κ3) is 3.15. The number of H-pyrrole nitrogens is 1. The summed E-state index contributed by atoms with van der Waals surface area (Å²) >= 11 is 0. The van der Waals surface area contributed by atoms with Crippen molar-refractivity contribution >= 4 is 33.7 Å². The number of fused-ring (bicyclic) bond motifs is 2. The molecule has 6 heteroatoms. The molecule has 4 heterocycles. The first kappa shape index (κ1) is 17.0. The lowest BCUT2D eigenvalue weighted by Crippen LogP contribution is -2.30. The van der Waals surface area contributed by atoms with Crippen LogP contribution in [0.15, 0.2) is 42.7 Å². The SMILES string of the molecule is Cc1c[nH]c2cccc(CNc3cnc4ccc(N5CCCCC5)nc4n3)c12. The molecule has 1 aliphatic rings. The number of nitrogens with zero attached hydrogens (tertiary/aromatic N) is 4. The zero-order chi connectivity index (χ0) is 18.9. The standard InChI is InChI=1S/C22H24N6/c1-15-12-23-17-7-5-6-16(21(15)17)13-25-19-14-24-18-8-9-20(27-22(18)26-19)28-10-3-2-4-11-28/h5-9,12,14,23H,2-4,10-11,13H2,1H3,(H,25,26,27). The number of aromatic amines is 1. The third-order valence-corrected chi connectivity index (χ3v) is 5.52. The molecule has 1 saturated heterocycles. The Bertz CT molecular complexity index is 1130. The second kappa shape index (κ2) is 7.11. The number of pyridine rings is 1. The van der Waals surface area contributed by atoms with Gasteiger partial charge in [-0.3, -0.25) is 0 Å². The van der Waals surface area contributed by atoms with Gasteiger partial charge in [-0.25, -0.2) is 15.0 Å². The zero-order valence-electron chi connectivity index (χ0n) is 16.1. The van der Waals surface area contributed by atoms with Crippen LogP contribution in [-0.4, -0.2) is 33.0 Å². The van der Waals surface area contributed by atoms with Gasteiger partial charge >= 0.3 is 0 Å². The molecule has 0 unspecified atom stereocenters. The van der Waals surface area contributed by atoms with E-state index in [1.54, 1.807) is 6.20 Å². The summed E-state index contributed by atoms with van der Waals surface area (Å²) in [4.78, 5) is 19.7. The van der Waals surface area contributed by atoms with Crippen LogP contribution in [0.1, 0.15) is 30.4 Å². The van der Waals surface area contributed by atoms with Crippen LogP contribution in [0.25, 0.3) is 22.1 Å². The topological polar surface area (TPSA) is 69.7 Å². The molecule has 142 valence electrons. The molecule has 4 aromatic rings. The van der Waals surface area contributed by atoms with E-state index >= 15 is 0 Å². The van der Waals surface area contributed by atoms with Gasteiger partial charge in [0.05, 0.1) is 6.20 Å². The average Bonchev–Trinajstić information content (AvgIpc) is 3.14. The van der Waals surface area contributed by atoms with Crippen LogP contribution >= 0.6 is 0 Å². The fourth-order valence-electron chi connectivity index (χ4n) is 4.05. The molecule has 0 bridgehead atoms. The normalized spacial score (nSPS) is 14.7. The van der Waals surface area contributed by atoms with Crippen molar-refractivity contribution in [3.63, 3.8) is 0 Å². The summed E-state index contributed by atoms with van der Waals surface area (Å²) in [5.74, 6) is 1.76. The molecule has 6 nitrogen and oxygen atoms in total. The van der Waals surface area contributed by atoms with E-state index in [1.165, 1.54) is 35.8 Å².